The molecule has 0 spiro atoms. The van der Waals surface area contributed by atoms with Crippen molar-refractivity contribution in [2.45, 2.75) is 0 Å². The number of hydrogen-bond acceptors (Lipinski definition) is 4. The predicted molar refractivity (Wildman–Crippen MR) is 56.7 cm³/mol. The van der Waals surface area contributed by atoms with E-state index in [9.17, 15) is 8.42 Å². The van der Waals surface area contributed by atoms with Gasteiger partial charge in [0.2, 0.25) is 10.0 Å². The van der Waals surface area contributed by atoms with Gasteiger partial charge in [-0.25, -0.2) is 8.42 Å². The molecule has 0 radical (unpaired) electrons. The molecule has 0 aliphatic carbocycles. The number of hydrazone groups is 1. The molecular formula is C8H11N3O2S. The van der Waals surface area contributed by atoms with Gasteiger partial charge in [-0.15, -0.1) is 0 Å². The number of anilines is 1. The summed E-state index contributed by atoms with van der Waals surface area (Å²) in [7, 11) is -3.27. The molecule has 0 bridgehead atoms. The maximum atomic E-state index is 11.0. The van der Waals surface area contributed by atoms with Crippen LogP contribution in [-0.2, 0) is 10.0 Å². The molecule has 0 saturated carbocycles. The van der Waals surface area contributed by atoms with Gasteiger partial charge >= 0.3 is 0 Å². The lowest BCUT2D eigenvalue weighted by Gasteiger charge is -2.06. The normalized spacial score (nSPS) is 11.8. The molecular weight excluding hydrogens is 202 g/mol. The minimum absolute atomic E-state index is 0.462. The molecule has 0 saturated heterocycles. The maximum absolute atomic E-state index is 11.0. The summed E-state index contributed by atoms with van der Waals surface area (Å²) in [6.45, 7) is 0. The van der Waals surface area contributed by atoms with E-state index >= 15 is 0 Å². The van der Waals surface area contributed by atoms with Crippen molar-refractivity contribution in [2.24, 2.45) is 10.9 Å². The lowest BCUT2D eigenvalue weighted by molar-refractivity contribution is 0.607. The summed E-state index contributed by atoms with van der Waals surface area (Å²) in [5.41, 5.74) is 1.09. The second-order valence-electron chi connectivity index (χ2n) is 2.74. The highest BCUT2D eigenvalue weighted by Crippen LogP contribution is 2.13. The van der Waals surface area contributed by atoms with Gasteiger partial charge in [-0.3, -0.25) is 4.72 Å². The van der Waals surface area contributed by atoms with Crippen LogP contribution >= 0.6 is 0 Å². The quantitative estimate of drug-likeness (QED) is 0.431. The number of sulfonamides is 1. The van der Waals surface area contributed by atoms with Gasteiger partial charge in [-0.2, -0.15) is 5.10 Å². The number of para-hydroxylation sites is 1. The van der Waals surface area contributed by atoms with Gasteiger partial charge in [0.25, 0.3) is 0 Å². The number of nitrogens with two attached hydrogens (primary N) is 1. The first kappa shape index (κ1) is 10.5. The molecule has 0 fully saturated rings. The number of nitrogens with zero attached hydrogens (tertiary/aromatic N) is 1. The van der Waals surface area contributed by atoms with Gasteiger partial charge in [-0.05, 0) is 6.07 Å². The zero-order chi connectivity index (χ0) is 10.6. The molecule has 0 aromatic heterocycles. The van der Waals surface area contributed by atoms with Crippen LogP contribution in [0, 0.1) is 0 Å². The van der Waals surface area contributed by atoms with E-state index in [0.29, 0.717) is 11.3 Å². The number of hydrogen-bond donors (Lipinski definition) is 2. The Morgan fingerprint density at radius 2 is 2.07 bits per heavy atom. The SMILES string of the molecule is CS(=O)(=O)Nc1ccccc1C=NN. The Balaban J connectivity index is 3.08. The zero-order valence-electron chi connectivity index (χ0n) is 7.64. The Morgan fingerprint density at radius 3 is 2.64 bits per heavy atom. The van der Waals surface area contributed by atoms with E-state index in [4.69, 9.17) is 5.84 Å². The van der Waals surface area contributed by atoms with Gasteiger partial charge in [0, 0.05) is 5.56 Å². The van der Waals surface area contributed by atoms with Crippen LogP contribution in [0.4, 0.5) is 5.69 Å². The molecule has 0 aliphatic heterocycles. The molecule has 0 amide bonds. The van der Waals surface area contributed by atoms with Gasteiger partial charge in [0.15, 0.2) is 0 Å². The summed E-state index contributed by atoms with van der Waals surface area (Å²) in [6, 6.07) is 6.84. The lowest BCUT2D eigenvalue weighted by atomic mass is 10.2. The van der Waals surface area contributed by atoms with Crippen molar-refractivity contribution >= 4 is 21.9 Å². The third kappa shape index (κ3) is 3.06. The Bertz CT molecular complexity index is 440. The number of rotatable bonds is 3. The fourth-order valence-corrected chi connectivity index (χ4v) is 1.57. The van der Waals surface area contributed by atoms with Crippen LogP contribution in [0.3, 0.4) is 0 Å². The van der Waals surface area contributed by atoms with E-state index < -0.39 is 10.0 Å². The van der Waals surface area contributed by atoms with E-state index in [2.05, 4.69) is 9.82 Å². The minimum Gasteiger partial charge on any atom is -0.323 e. The zero-order valence-corrected chi connectivity index (χ0v) is 8.45. The van der Waals surface area contributed by atoms with Gasteiger partial charge in [-0.1, -0.05) is 18.2 Å². The van der Waals surface area contributed by atoms with Crippen molar-refractivity contribution < 1.29 is 8.42 Å². The standard InChI is InChI=1S/C8H11N3O2S/c1-14(12,13)11-8-5-3-2-4-7(8)6-10-9/h2-6,11H,9H2,1H3. The Hall–Kier alpha value is -1.56. The van der Waals surface area contributed by atoms with Gasteiger partial charge in [0.1, 0.15) is 0 Å². The molecule has 14 heavy (non-hydrogen) atoms. The van der Waals surface area contributed by atoms with Crippen LogP contribution in [-0.4, -0.2) is 20.9 Å². The minimum atomic E-state index is -3.27. The van der Waals surface area contributed by atoms with Gasteiger partial charge in [0.05, 0.1) is 18.2 Å². The fraction of sp³-hybridized carbons (Fsp3) is 0.125. The second-order valence-corrected chi connectivity index (χ2v) is 4.49. The molecule has 5 nitrogen and oxygen atoms in total. The summed E-state index contributed by atoms with van der Waals surface area (Å²) in [5.74, 6) is 4.99. The fourth-order valence-electron chi connectivity index (χ4n) is 0.983. The molecule has 0 aliphatic rings. The third-order valence-corrected chi connectivity index (χ3v) is 2.06. The molecule has 6 heteroatoms. The maximum Gasteiger partial charge on any atom is 0.229 e. The monoisotopic (exact) mass is 213 g/mol. The van der Waals surface area contributed by atoms with Crippen molar-refractivity contribution in [2.75, 3.05) is 11.0 Å². The molecule has 76 valence electrons. The van der Waals surface area contributed by atoms with E-state index in [-0.39, 0.29) is 0 Å². The largest absolute Gasteiger partial charge is 0.323 e. The van der Waals surface area contributed by atoms with E-state index in [1.807, 2.05) is 0 Å². The summed E-state index contributed by atoms with van der Waals surface area (Å²) in [4.78, 5) is 0. The average Bonchev–Trinajstić information content (AvgIpc) is 2.06. The summed E-state index contributed by atoms with van der Waals surface area (Å²) in [5, 5.41) is 3.34. The van der Waals surface area contributed by atoms with Crippen molar-refractivity contribution in [3.8, 4) is 0 Å². The molecule has 0 atom stereocenters. The topological polar surface area (TPSA) is 84.5 Å². The Labute approximate surface area is 82.7 Å². The van der Waals surface area contributed by atoms with E-state index in [1.54, 1.807) is 24.3 Å². The molecule has 1 rings (SSSR count). The van der Waals surface area contributed by atoms with Gasteiger partial charge < -0.3 is 5.84 Å². The number of nitrogens with one attached hydrogen (secondary N) is 1. The Kier molecular flexibility index (Phi) is 3.08. The summed E-state index contributed by atoms with van der Waals surface area (Å²) in [6.07, 6.45) is 2.47. The predicted octanol–water partition coefficient (Wildman–Crippen LogP) is 0.351. The van der Waals surface area contributed by atoms with Crippen molar-refractivity contribution in [1.29, 1.82) is 0 Å². The first-order chi connectivity index (χ1) is 6.53. The van der Waals surface area contributed by atoms with Crippen molar-refractivity contribution in [1.82, 2.24) is 0 Å². The molecule has 1 aromatic rings. The third-order valence-electron chi connectivity index (χ3n) is 1.47. The van der Waals surface area contributed by atoms with Crippen LogP contribution in [0.15, 0.2) is 29.4 Å². The first-order valence-electron chi connectivity index (χ1n) is 3.83. The van der Waals surface area contributed by atoms with Crippen molar-refractivity contribution in [3.63, 3.8) is 0 Å². The molecule has 0 unspecified atom stereocenters. The molecule has 3 N–H and O–H groups in total. The highest BCUT2D eigenvalue weighted by Gasteiger charge is 2.04. The van der Waals surface area contributed by atoms with Crippen LogP contribution in [0.25, 0.3) is 0 Å². The van der Waals surface area contributed by atoms with E-state index in [1.165, 1.54) is 6.21 Å². The molecule has 1 aromatic carbocycles. The summed E-state index contributed by atoms with van der Waals surface area (Å²) < 4.78 is 24.3. The van der Waals surface area contributed by atoms with Crippen LogP contribution in [0.5, 0.6) is 0 Å². The highest BCUT2D eigenvalue weighted by molar-refractivity contribution is 7.92. The lowest BCUT2D eigenvalue weighted by Crippen LogP contribution is -2.11. The van der Waals surface area contributed by atoms with Crippen LogP contribution < -0.4 is 10.6 Å². The van der Waals surface area contributed by atoms with Crippen LogP contribution in [0.2, 0.25) is 0 Å². The van der Waals surface area contributed by atoms with Crippen LogP contribution in [0.1, 0.15) is 5.56 Å². The van der Waals surface area contributed by atoms with Crippen molar-refractivity contribution in [3.05, 3.63) is 29.8 Å². The highest BCUT2D eigenvalue weighted by atomic mass is 32.2. The average molecular weight is 213 g/mol. The summed E-state index contributed by atoms with van der Waals surface area (Å²) >= 11 is 0. The number of benzene rings is 1. The molecule has 0 heterocycles. The second kappa shape index (κ2) is 4.10. The smallest absolute Gasteiger partial charge is 0.229 e. The first-order valence-corrected chi connectivity index (χ1v) is 5.72. The Morgan fingerprint density at radius 1 is 1.43 bits per heavy atom. The van der Waals surface area contributed by atoms with E-state index in [0.717, 1.165) is 6.26 Å².